The SMILES string of the molecule is O=C1c2ccccc2C(=O)C1C=Cc1ccccc1. The van der Waals surface area contributed by atoms with Crippen molar-refractivity contribution < 1.29 is 9.59 Å². The van der Waals surface area contributed by atoms with Crippen molar-refractivity contribution in [2.24, 2.45) is 5.92 Å². The topological polar surface area (TPSA) is 34.1 Å². The van der Waals surface area contributed by atoms with E-state index in [0.717, 1.165) is 5.56 Å². The first-order valence-corrected chi connectivity index (χ1v) is 6.18. The molecule has 1 aliphatic carbocycles. The molecule has 0 aromatic heterocycles. The van der Waals surface area contributed by atoms with E-state index in [2.05, 4.69) is 0 Å². The van der Waals surface area contributed by atoms with Crippen LogP contribution in [0.25, 0.3) is 6.08 Å². The van der Waals surface area contributed by atoms with Crippen LogP contribution in [0.15, 0.2) is 60.7 Å². The molecule has 0 saturated carbocycles. The third-order valence-electron chi connectivity index (χ3n) is 3.30. The van der Waals surface area contributed by atoms with Crippen LogP contribution in [0.1, 0.15) is 26.3 Å². The second-order valence-electron chi connectivity index (χ2n) is 4.52. The fourth-order valence-electron chi connectivity index (χ4n) is 2.31. The van der Waals surface area contributed by atoms with E-state index >= 15 is 0 Å². The molecule has 2 nitrogen and oxygen atoms in total. The Bertz CT molecular complexity index is 634. The average Bonchev–Trinajstić information content (AvgIpc) is 2.71. The Balaban J connectivity index is 1.91. The van der Waals surface area contributed by atoms with Gasteiger partial charge in [0.05, 0.1) is 0 Å². The lowest BCUT2D eigenvalue weighted by atomic mass is 10.0. The Morgan fingerprint density at radius 2 is 1.26 bits per heavy atom. The quantitative estimate of drug-likeness (QED) is 0.763. The van der Waals surface area contributed by atoms with Gasteiger partial charge in [0, 0.05) is 11.1 Å². The zero-order valence-corrected chi connectivity index (χ0v) is 10.2. The van der Waals surface area contributed by atoms with Crippen LogP contribution in [-0.4, -0.2) is 11.6 Å². The molecule has 92 valence electrons. The normalized spacial score (nSPS) is 15.2. The highest BCUT2D eigenvalue weighted by atomic mass is 16.2. The van der Waals surface area contributed by atoms with Gasteiger partial charge < -0.3 is 0 Å². The molecule has 0 fully saturated rings. The van der Waals surface area contributed by atoms with E-state index in [0.29, 0.717) is 11.1 Å². The number of Topliss-reactive ketones (excluding diaryl/α,β-unsaturated/α-hetero) is 2. The van der Waals surface area contributed by atoms with Crippen LogP contribution in [0.3, 0.4) is 0 Å². The van der Waals surface area contributed by atoms with Gasteiger partial charge >= 0.3 is 0 Å². The number of benzene rings is 2. The van der Waals surface area contributed by atoms with Crippen molar-refractivity contribution in [3.8, 4) is 0 Å². The molecule has 2 heteroatoms. The van der Waals surface area contributed by atoms with E-state index in [9.17, 15) is 9.59 Å². The molecule has 0 unspecified atom stereocenters. The minimum atomic E-state index is -0.669. The van der Waals surface area contributed by atoms with Gasteiger partial charge in [0.1, 0.15) is 5.92 Å². The number of hydrogen-bond acceptors (Lipinski definition) is 2. The zero-order chi connectivity index (χ0) is 13.2. The molecule has 0 atom stereocenters. The van der Waals surface area contributed by atoms with E-state index < -0.39 is 5.92 Å². The number of allylic oxidation sites excluding steroid dienone is 1. The molecule has 0 amide bonds. The van der Waals surface area contributed by atoms with Crippen LogP contribution in [-0.2, 0) is 0 Å². The fourth-order valence-corrected chi connectivity index (χ4v) is 2.31. The number of carbonyl (C=O) groups is 2. The molecule has 0 radical (unpaired) electrons. The van der Waals surface area contributed by atoms with Crippen molar-refractivity contribution >= 4 is 17.6 Å². The molecule has 0 saturated heterocycles. The lowest BCUT2D eigenvalue weighted by Crippen LogP contribution is -2.11. The first-order chi connectivity index (χ1) is 9.27. The summed E-state index contributed by atoms with van der Waals surface area (Å²) >= 11 is 0. The first-order valence-electron chi connectivity index (χ1n) is 6.18. The number of rotatable bonds is 2. The van der Waals surface area contributed by atoms with Crippen molar-refractivity contribution in [3.05, 3.63) is 77.4 Å². The van der Waals surface area contributed by atoms with Crippen LogP contribution in [0, 0.1) is 5.92 Å². The van der Waals surface area contributed by atoms with Gasteiger partial charge in [-0.2, -0.15) is 0 Å². The van der Waals surface area contributed by atoms with Crippen LogP contribution in [0.4, 0.5) is 0 Å². The van der Waals surface area contributed by atoms with Gasteiger partial charge in [0.15, 0.2) is 11.6 Å². The Hall–Kier alpha value is -2.48. The highest BCUT2D eigenvalue weighted by Gasteiger charge is 2.36. The summed E-state index contributed by atoms with van der Waals surface area (Å²) in [7, 11) is 0. The zero-order valence-electron chi connectivity index (χ0n) is 10.2. The fraction of sp³-hybridized carbons (Fsp3) is 0.0588. The monoisotopic (exact) mass is 248 g/mol. The molecular formula is C17H12O2. The number of fused-ring (bicyclic) bond motifs is 1. The summed E-state index contributed by atoms with van der Waals surface area (Å²) in [4.78, 5) is 24.3. The van der Waals surface area contributed by atoms with E-state index in [1.165, 1.54) is 0 Å². The van der Waals surface area contributed by atoms with E-state index in [-0.39, 0.29) is 11.6 Å². The van der Waals surface area contributed by atoms with Crippen LogP contribution < -0.4 is 0 Å². The Kier molecular flexibility index (Phi) is 2.84. The highest BCUT2D eigenvalue weighted by molar-refractivity contribution is 6.27. The number of hydrogen-bond donors (Lipinski definition) is 0. The van der Waals surface area contributed by atoms with Crippen LogP contribution >= 0.6 is 0 Å². The highest BCUT2D eigenvalue weighted by Crippen LogP contribution is 2.27. The maximum Gasteiger partial charge on any atom is 0.178 e. The summed E-state index contributed by atoms with van der Waals surface area (Å²) in [6, 6.07) is 16.7. The van der Waals surface area contributed by atoms with Crippen LogP contribution in [0.5, 0.6) is 0 Å². The summed E-state index contributed by atoms with van der Waals surface area (Å²) in [5.41, 5.74) is 2.06. The Morgan fingerprint density at radius 1 is 0.737 bits per heavy atom. The molecular weight excluding hydrogens is 236 g/mol. The lowest BCUT2D eigenvalue weighted by Gasteiger charge is -1.99. The molecule has 0 bridgehead atoms. The molecule has 2 aromatic carbocycles. The maximum atomic E-state index is 12.2. The molecule has 0 heterocycles. The van der Waals surface area contributed by atoms with E-state index in [4.69, 9.17) is 0 Å². The summed E-state index contributed by atoms with van der Waals surface area (Å²) in [6.45, 7) is 0. The van der Waals surface area contributed by atoms with Gasteiger partial charge in [0.25, 0.3) is 0 Å². The van der Waals surface area contributed by atoms with E-state index in [1.807, 2.05) is 36.4 Å². The van der Waals surface area contributed by atoms with Gasteiger partial charge in [-0.1, -0.05) is 66.7 Å². The van der Waals surface area contributed by atoms with Gasteiger partial charge in [-0.05, 0) is 5.56 Å². The van der Waals surface area contributed by atoms with Crippen molar-refractivity contribution in [1.29, 1.82) is 0 Å². The third-order valence-corrected chi connectivity index (χ3v) is 3.30. The summed E-state index contributed by atoms with van der Waals surface area (Å²) < 4.78 is 0. The van der Waals surface area contributed by atoms with Gasteiger partial charge in [-0.15, -0.1) is 0 Å². The molecule has 3 rings (SSSR count). The Morgan fingerprint density at radius 3 is 1.84 bits per heavy atom. The first kappa shape index (κ1) is 11.6. The largest absolute Gasteiger partial charge is 0.293 e. The van der Waals surface area contributed by atoms with Gasteiger partial charge in [0.2, 0.25) is 0 Å². The molecule has 1 aliphatic rings. The summed E-state index contributed by atoms with van der Waals surface area (Å²) in [6.07, 6.45) is 3.52. The maximum absolute atomic E-state index is 12.2. The minimum absolute atomic E-state index is 0.104. The predicted molar refractivity (Wildman–Crippen MR) is 74.1 cm³/mol. The predicted octanol–water partition coefficient (Wildman–Crippen LogP) is 3.40. The van der Waals surface area contributed by atoms with Crippen molar-refractivity contribution in [2.75, 3.05) is 0 Å². The van der Waals surface area contributed by atoms with Crippen molar-refractivity contribution in [3.63, 3.8) is 0 Å². The second kappa shape index (κ2) is 4.65. The molecule has 0 spiro atoms. The molecule has 0 N–H and O–H groups in total. The van der Waals surface area contributed by atoms with Crippen LogP contribution in [0.2, 0.25) is 0 Å². The van der Waals surface area contributed by atoms with E-state index in [1.54, 1.807) is 30.3 Å². The molecule has 2 aromatic rings. The van der Waals surface area contributed by atoms with Crippen molar-refractivity contribution in [2.45, 2.75) is 0 Å². The Labute approximate surface area is 111 Å². The number of carbonyl (C=O) groups excluding carboxylic acids is 2. The molecule has 19 heavy (non-hydrogen) atoms. The average molecular weight is 248 g/mol. The third kappa shape index (κ3) is 2.02. The number of ketones is 2. The van der Waals surface area contributed by atoms with Gasteiger partial charge in [-0.3, -0.25) is 9.59 Å². The second-order valence-corrected chi connectivity index (χ2v) is 4.52. The molecule has 0 aliphatic heterocycles. The smallest absolute Gasteiger partial charge is 0.178 e. The minimum Gasteiger partial charge on any atom is -0.293 e. The van der Waals surface area contributed by atoms with Gasteiger partial charge in [-0.25, -0.2) is 0 Å². The summed E-state index contributed by atoms with van der Waals surface area (Å²) in [5.74, 6) is -0.877. The van der Waals surface area contributed by atoms with Crippen molar-refractivity contribution in [1.82, 2.24) is 0 Å². The summed E-state index contributed by atoms with van der Waals surface area (Å²) in [5, 5.41) is 0. The lowest BCUT2D eigenvalue weighted by molar-refractivity contribution is 0.0872. The standard InChI is InChI=1S/C17H12O2/c18-16-13-8-4-5-9-14(13)17(19)15(16)11-10-12-6-2-1-3-7-12/h1-11,15H.